The van der Waals surface area contributed by atoms with Crippen LogP contribution >= 0.6 is 0 Å². The Kier molecular flexibility index (Phi) is 4.76. The Balaban J connectivity index is 1.82. The maximum Gasteiger partial charge on any atom is 0.323 e. The average molecular weight is 378 g/mol. The number of urea groups is 1. The minimum Gasteiger partial charge on any atom is -0.359 e. The molecule has 0 fully saturated rings. The zero-order chi connectivity index (χ0) is 19.1. The summed E-state index contributed by atoms with van der Waals surface area (Å²) in [4.78, 5) is 14.5. The zero-order valence-corrected chi connectivity index (χ0v) is 16.1. The third kappa shape index (κ3) is 3.19. The molecule has 8 nitrogen and oxygen atoms in total. The Labute approximate surface area is 152 Å². The molecule has 1 aliphatic heterocycles. The van der Waals surface area contributed by atoms with Gasteiger partial charge in [0.25, 0.3) is 0 Å². The summed E-state index contributed by atoms with van der Waals surface area (Å²) in [5, 5.41) is 6.59. The van der Waals surface area contributed by atoms with Crippen molar-refractivity contribution in [2.24, 2.45) is 0 Å². The molecular weight excluding hydrogens is 356 g/mol. The van der Waals surface area contributed by atoms with E-state index < -0.39 is 10.0 Å². The smallest absolute Gasteiger partial charge is 0.323 e. The number of nitrogens with one attached hydrogen (secondary N) is 1. The lowest BCUT2D eigenvalue weighted by atomic mass is 10.00. The molecule has 2 heterocycles. The first-order valence-corrected chi connectivity index (χ1v) is 9.68. The molecule has 1 aromatic carbocycles. The first kappa shape index (κ1) is 18.4. The molecule has 3 rings (SSSR count). The highest BCUT2D eigenvalue weighted by molar-refractivity contribution is 7.89. The monoisotopic (exact) mass is 378 g/mol. The summed E-state index contributed by atoms with van der Waals surface area (Å²) in [6.45, 7) is 4.37. The fraction of sp³-hybridized carbons (Fsp3) is 0.412. The van der Waals surface area contributed by atoms with Crippen LogP contribution in [-0.2, 0) is 23.0 Å². The van der Waals surface area contributed by atoms with Gasteiger partial charge in [-0.1, -0.05) is 17.3 Å². The van der Waals surface area contributed by atoms with Crippen LogP contribution in [0, 0.1) is 13.8 Å². The summed E-state index contributed by atoms with van der Waals surface area (Å²) in [6.07, 6.45) is 0.475. The fourth-order valence-corrected chi connectivity index (χ4v) is 4.09. The Bertz CT molecular complexity index is 950. The normalized spacial score (nSPS) is 14.4. The van der Waals surface area contributed by atoms with Crippen molar-refractivity contribution in [3.05, 3.63) is 40.6 Å². The number of anilines is 1. The van der Waals surface area contributed by atoms with E-state index in [1.807, 2.05) is 13.0 Å². The molecule has 0 atom stereocenters. The molecule has 0 unspecified atom stereocenters. The van der Waals surface area contributed by atoms with E-state index in [0.29, 0.717) is 36.0 Å². The van der Waals surface area contributed by atoms with Gasteiger partial charge in [0, 0.05) is 32.7 Å². The van der Waals surface area contributed by atoms with Crippen molar-refractivity contribution in [2.75, 3.05) is 26.0 Å². The van der Waals surface area contributed by atoms with E-state index >= 15 is 0 Å². The fourth-order valence-electron chi connectivity index (χ4n) is 2.90. The third-order valence-electron chi connectivity index (χ3n) is 4.65. The van der Waals surface area contributed by atoms with Crippen LogP contribution in [-0.4, -0.2) is 49.5 Å². The standard InChI is InChI=1S/C17H22N4O4S/c1-11-12(2)25-19-16(11)18-17(22)21-9-8-14-13(10-21)6-5-7-15(14)26(23,24)20(3)4/h5-7H,8-10H2,1-4H3,(H,18,19,22). The van der Waals surface area contributed by atoms with Gasteiger partial charge in [0.2, 0.25) is 10.0 Å². The number of aryl methyl sites for hydroxylation is 1. The van der Waals surface area contributed by atoms with Crippen LogP contribution < -0.4 is 5.32 Å². The molecule has 0 saturated carbocycles. The van der Waals surface area contributed by atoms with Gasteiger partial charge in [-0.25, -0.2) is 17.5 Å². The second kappa shape index (κ2) is 6.73. The summed E-state index contributed by atoms with van der Waals surface area (Å²) < 4.78 is 31.3. The minimum atomic E-state index is -3.52. The summed E-state index contributed by atoms with van der Waals surface area (Å²) in [7, 11) is -0.489. The van der Waals surface area contributed by atoms with Gasteiger partial charge in [-0.3, -0.25) is 5.32 Å². The molecule has 0 aliphatic carbocycles. The molecular formula is C17H22N4O4S. The maximum atomic E-state index is 12.5. The summed E-state index contributed by atoms with van der Waals surface area (Å²) in [5.74, 6) is 1.06. The molecule has 1 N–H and O–H groups in total. The Morgan fingerprint density at radius 1 is 1.31 bits per heavy atom. The number of benzene rings is 1. The van der Waals surface area contributed by atoms with Gasteiger partial charge < -0.3 is 9.42 Å². The second-order valence-corrected chi connectivity index (χ2v) is 8.62. The van der Waals surface area contributed by atoms with E-state index in [4.69, 9.17) is 4.52 Å². The van der Waals surface area contributed by atoms with Gasteiger partial charge in [0.1, 0.15) is 5.76 Å². The van der Waals surface area contributed by atoms with Crippen molar-refractivity contribution in [1.29, 1.82) is 0 Å². The van der Waals surface area contributed by atoms with Crippen molar-refractivity contribution in [3.8, 4) is 0 Å². The largest absolute Gasteiger partial charge is 0.359 e. The number of aromatic nitrogens is 1. The molecule has 140 valence electrons. The van der Waals surface area contributed by atoms with Crippen molar-refractivity contribution in [3.63, 3.8) is 0 Å². The molecule has 9 heteroatoms. The number of fused-ring (bicyclic) bond motifs is 1. The maximum absolute atomic E-state index is 12.5. The molecule has 1 aliphatic rings. The van der Waals surface area contributed by atoms with Crippen LogP contribution in [0.3, 0.4) is 0 Å². The highest BCUT2D eigenvalue weighted by atomic mass is 32.2. The Morgan fingerprint density at radius 3 is 2.65 bits per heavy atom. The van der Waals surface area contributed by atoms with Crippen LogP contribution in [0.1, 0.15) is 22.5 Å². The highest BCUT2D eigenvalue weighted by Gasteiger charge is 2.28. The lowest BCUT2D eigenvalue weighted by molar-refractivity contribution is 0.206. The molecule has 2 aromatic rings. The van der Waals surface area contributed by atoms with E-state index in [0.717, 1.165) is 16.7 Å². The summed E-state index contributed by atoms with van der Waals surface area (Å²) >= 11 is 0. The molecule has 26 heavy (non-hydrogen) atoms. The highest BCUT2D eigenvalue weighted by Crippen LogP contribution is 2.28. The van der Waals surface area contributed by atoms with Gasteiger partial charge in [0.05, 0.1) is 4.90 Å². The van der Waals surface area contributed by atoms with Crippen molar-refractivity contribution < 1.29 is 17.7 Å². The van der Waals surface area contributed by atoms with Crippen molar-refractivity contribution >= 4 is 21.9 Å². The predicted molar refractivity (Wildman–Crippen MR) is 96.4 cm³/mol. The van der Waals surface area contributed by atoms with Gasteiger partial charge in [-0.15, -0.1) is 0 Å². The van der Waals surface area contributed by atoms with E-state index in [-0.39, 0.29) is 6.03 Å². The van der Waals surface area contributed by atoms with Crippen LogP contribution in [0.4, 0.5) is 10.6 Å². The number of carbonyl (C=O) groups is 1. The lowest BCUT2D eigenvalue weighted by Crippen LogP contribution is -2.39. The minimum absolute atomic E-state index is 0.284. The molecule has 0 bridgehead atoms. The number of rotatable bonds is 3. The molecule has 0 radical (unpaired) electrons. The van der Waals surface area contributed by atoms with Crippen molar-refractivity contribution in [2.45, 2.75) is 31.7 Å². The summed E-state index contributed by atoms with van der Waals surface area (Å²) in [5.41, 5.74) is 2.40. The van der Waals surface area contributed by atoms with Crippen LogP contribution in [0.2, 0.25) is 0 Å². The lowest BCUT2D eigenvalue weighted by Gasteiger charge is -2.30. The SMILES string of the molecule is Cc1onc(NC(=O)N2CCc3c(cccc3S(=O)(=O)N(C)C)C2)c1C. The van der Waals surface area contributed by atoms with E-state index in [1.54, 1.807) is 24.0 Å². The van der Waals surface area contributed by atoms with E-state index in [2.05, 4.69) is 10.5 Å². The molecule has 2 amide bonds. The third-order valence-corrected chi connectivity index (χ3v) is 6.55. The number of amides is 2. The predicted octanol–water partition coefficient (Wildman–Crippen LogP) is 2.13. The van der Waals surface area contributed by atoms with Gasteiger partial charge in [0.15, 0.2) is 5.82 Å². The average Bonchev–Trinajstić information content (AvgIpc) is 2.92. The van der Waals surface area contributed by atoms with E-state index in [9.17, 15) is 13.2 Å². The quantitative estimate of drug-likeness (QED) is 0.883. The summed E-state index contributed by atoms with van der Waals surface area (Å²) in [6, 6.07) is 4.90. The zero-order valence-electron chi connectivity index (χ0n) is 15.2. The number of carbonyl (C=O) groups excluding carboxylic acids is 1. The van der Waals surface area contributed by atoms with Crippen LogP contribution in [0.15, 0.2) is 27.6 Å². The Hall–Kier alpha value is -2.39. The molecule has 1 aromatic heterocycles. The van der Waals surface area contributed by atoms with Gasteiger partial charge in [-0.05, 0) is 37.5 Å². The Morgan fingerprint density at radius 2 is 2.04 bits per heavy atom. The first-order chi connectivity index (χ1) is 12.2. The molecule has 0 spiro atoms. The van der Waals surface area contributed by atoms with Gasteiger partial charge >= 0.3 is 6.03 Å². The number of nitrogens with zero attached hydrogens (tertiary/aromatic N) is 3. The first-order valence-electron chi connectivity index (χ1n) is 8.24. The van der Waals surface area contributed by atoms with Crippen LogP contribution in [0.5, 0.6) is 0 Å². The topological polar surface area (TPSA) is 95.7 Å². The second-order valence-electron chi connectivity index (χ2n) is 6.50. The van der Waals surface area contributed by atoms with Crippen LogP contribution in [0.25, 0.3) is 0 Å². The van der Waals surface area contributed by atoms with Gasteiger partial charge in [-0.2, -0.15) is 0 Å². The number of hydrogen-bond donors (Lipinski definition) is 1. The number of sulfonamides is 1. The van der Waals surface area contributed by atoms with Crippen molar-refractivity contribution in [1.82, 2.24) is 14.4 Å². The van der Waals surface area contributed by atoms with E-state index in [1.165, 1.54) is 18.4 Å². The number of hydrogen-bond acceptors (Lipinski definition) is 5. The molecule has 0 saturated heterocycles.